The molecule has 13 heavy (non-hydrogen) atoms. The summed E-state index contributed by atoms with van der Waals surface area (Å²) in [6.45, 7) is 0.297. The van der Waals surface area contributed by atoms with Crippen LogP contribution in [0.3, 0.4) is 0 Å². The minimum absolute atomic E-state index is 0.164. The first-order valence-corrected chi connectivity index (χ1v) is 5.70. The summed E-state index contributed by atoms with van der Waals surface area (Å²) in [5, 5.41) is 11.1. The van der Waals surface area contributed by atoms with Gasteiger partial charge in [-0.25, -0.2) is 4.79 Å². The van der Waals surface area contributed by atoms with Gasteiger partial charge in [-0.2, -0.15) is 0 Å². The second kappa shape index (κ2) is 8.31. The van der Waals surface area contributed by atoms with E-state index in [2.05, 4.69) is 21.2 Å². The van der Waals surface area contributed by atoms with Crippen molar-refractivity contribution < 1.29 is 14.7 Å². The van der Waals surface area contributed by atoms with Gasteiger partial charge in [0.15, 0.2) is 0 Å². The highest BCUT2D eigenvalue weighted by Crippen LogP contribution is 2.12. The van der Waals surface area contributed by atoms with Gasteiger partial charge in [0.2, 0.25) is 0 Å². The molecule has 1 amide bonds. The van der Waals surface area contributed by atoms with Crippen molar-refractivity contribution >= 4 is 38.9 Å². The highest BCUT2D eigenvalue weighted by atomic mass is 79.9. The number of halogens is 1. The number of thioether (sulfide) groups is 1. The van der Waals surface area contributed by atoms with Gasteiger partial charge in [-0.1, -0.05) is 27.7 Å². The molecule has 0 saturated carbocycles. The maximum Gasteiger partial charge on any atom is 0.284 e. The van der Waals surface area contributed by atoms with Gasteiger partial charge in [-0.3, -0.25) is 4.79 Å². The lowest BCUT2D eigenvalue weighted by atomic mass is 10.5. The SMILES string of the molecule is O=C=C1CSC(=O)N1.OCCCBr. The molecular formula is C7H10BrNO3S. The molecule has 74 valence electrons. The Morgan fingerprint density at radius 2 is 2.38 bits per heavy atom. The average molecular weight is 268 g/mol. The van der Waals surface area contributed by atoms with Crippen LogP contribution >= 0.6 is 27.7 Å². The van der Waals surface area contributed by atoms with Crippen molar-refractivity contribution in [1.82, 2.24) is 5.32 Å². The monoisotopic (exact) mass is 267 g/mol. The van der Waals surface area contributed by atoms with Crippen molar-refractivity contribution in [2.24, 2.45) is 0 Å². The van der Waals surface area contributed by atoms with Crippen LogP contribution in [0, 0.1) is 0 Å². The minimum atomic E-state index is -0.164. The molecular weight excluding hydrogens is 258 g/mol. The number of amides is 1. The summed E-state index contributed by atoms with van der Waals surface area (Å²) in [5.41, 5.74) is 0.347. The number of aliphatic hydroxyl groups is 1. The van der Waals surface area contributed by atoms with Gasteiger partial charge in [0.25, 0.3) is 5.24 Å². The van der Waals surface area contributed by atoms with Gasteiger partial charge >= 0.3 is 0 Å². The molecule has 0 aromatic rings. The van der Waals surface area contributed by atoms with Gasteiger partial charge in [-0.05, 0) is 6.42 Å². The number of alkyl halides is 1. The van der Waals surface area contributed by atoms with Crippen molar-refractivity contribution in [3.63, 3.8) is 0 Å². The minimum Gasteiger partial charge on any atom is -0.396 e. The molecule has 0 radical (unpaired) electrons. The number of nitrogens with one attached hydrogen (secondary N) is 1. The van der Waals surface area contributed by atoms with E-state index in [0.29, 0.717) is 18.1 Å². The zero-order valence-corrected chi connectivity index (χ0v) is 9.28. The largest absolute Gasteiger partial charge is 0.396 e. The number of carbonyl (C=O) groups excluding carboxylic acids is 2. The number of aliphatic hydroxyl groups excluding tert-OH is 1. The van der Waals surface area contributed by atoms with E-state index in [1.807, 2.05) is 0 Å². The maximum atomic E-state index is 10.3. The molecule has 1 heterocycles. The van der Waals surface area contributed by atoms with E-state index in [-0.39, 0.29) is 5.24 Å². The quantitative estimate of drug-likeness (QED) is 0.577. The molecule has 0 spiro atoms. The Bertz CT molecular complexity index is 214. The summed E-state index contributed by atoms with van der Waals surface area (Å²) in [6, 6.07) is 0. The van der Waals surface area contributed by atoms with Crippen LogP contribution < -0.4 is 5.32 Å². The summed E-state index contributed by atoms with van der Waals surface area (Å²) < 4.78 is 0. The topological polar surface area (TPSA) is 66.4 Å². The van der Waals surface area contributed by atoms with E-state index in [1.54, 1.807) is 5.94 Å². The first-order valence-electron chi connectivity index (χ1n) is 3.59. The smallest absolute Gasteiger partial charge is 0.284 e. The number of hydrogen-bond donors (Lipinski definition) is 2. The highest BCUT2D eigenvalue weighted by Gasteiger charge is 2.14. The van der Waals surface area contributed by atoms with Crippen LogP contribution in [0.15, 0.2) is 5.70 Å². The molecule has 0 unspecified atom stereocenters. The lowest BCUT2D eigenvalue weighted by Gasteiger charge is -1.81. The normalized spacial score (nSPS) is 14.3. The molecule has 0 aliphatic carbocycles. The molecule has 0 aromatic heterocycles. The third-order valence-electron chi connectivity index (χ3n) is 1.02. The Hall–Kier alpha value is -0.290. The van der Waals surface area contributed by atoms with E-state index < -0.39 is 0 Å². The summed E-state index contributed by atoms with van der Waals surface area (Å²) in [7, 11) is 0. The second-order valence-electron chi connectivity index (χ2n) is 2.05. The van der Waals surface area contributed by atoms with Crippen molar-refractivity contribution in [3.8, 4) is 0 Å². The molecule has 0 atom stereocenters. The Balaban J connectivity index is 0.000000252. The fraction of sp³-hybridized carbons (Fsp3) is 0.571. The van der Waals surface area contributed by atoms with Gasteiger partial charge in [-0.15, -0.1) is 0 Å². The molecule has 1 aliphatic rings. The third kappa shape index (κ3) is 6.83. The van der Waals surface area contributed by atoms with Crippen molar-refractivity contribution in [1.29, 1.82) is 0 Å². The summed E-state index contributed by atoms with van der Waals surface area (Å²) in [5.74, 6) is 2.05. The molecule has 4 nitrogen and oxygen atoms in total. The molecule has 0 aromatic carbocycles. The maximum absolute atomic E-state index is 10.3. The van der Waals surface area contributed by atoms with Crippen LogP contribution in [-0.2, 0) is 4.79 Å². The van der Waals surface area contributed by atoms with E-state index in [9.17, 15) is 9.59 Å². The van der Waals surface area contributed by atoms with E-state index in [0.717, 1.165) is 23.5 Å². The predicted octanol–water partition coefficient (Wildman–Crippen LogP) is 0.922. The van der Waals surface area contributed by atoms with Gasteiger partial charge in [0, 0.05) is 11.9 Å². The van der Waals surface area contributed by atoms with Gasteiger partial charge in [0.1, 0.15) is 11.6 Å². The van der Waals surface area contributed by atoms with E-state index >= 15 is 0 Å². The summed E-state index contributed by atoms with van der Waals surface area (Å²) in [6.07, 6.45) is 0.861. The lowest BCUT2D eigenvalue weighted by molar-refractivity contribution is 0.263. The molecule has 1 aliphatic heterocycles. The zero-order chi connectivity index (χ0) is 10.1. The summed E-state index contributed by atoms with van der Waals surface area (Å²) >= 11 is 4.23. The van der Waals surface area contributed by atoms with E-state index in [4.69, 9.17) is 5.11 Å². The fourth-order valence-electron chi connectivity index (χ4n) is 0.448. The molecule has 2 N–H and O–H groups in total. The standard InChI is InChI=1S/C4H3NO2S.C3H7BrO/c6-1-3-2-8-4(7)5-3;4-2-1-3-5/h2H2,(H,5,7);5H,1-3H2. The Labute approximate surface area is 88.9 Å². The molecule has 1 rings (SSSR count). The van der Waals surface area contributed by atoms with Crippen molar-refractivity contribution in [2.75, 3.05) is 17.7 Å². The first-order chi connectivity index (χ1) is 6.24. The second-order valence-corrected chi connectivity index (χ2v) is 3.79. The van der Waals surface area contributed by atoms with E-state index in [1.165, 1.54) is 0 Å². The van der Waals surface area contributed by atoms with Crippen LogP contribution in [0.4, 0.5) is 4.79 Å². The fourth-order valence-corrected chi connectivity index (χ4v) is 1.30. The Morgan fingerprint density at radius 3 is 2.54 bits per heavy atom. The van der Waals surface area contributed by atoms with Crippen LogP contribution in [0.5, 0.6) is 0 Å². The van der Waals surface area contributed by atoms with Crippen LogP contribution in [0.25, 0.3) is 0 Å². The Morgan fingerprint density at radius 1 is 1.69 bits per heavy atom. The van der Waals surface area contributed by atoms with Crippen LogP contribution in [0.2, 0.25) is 0 Å². The van der Waals surface area contributed by atoms with Crippen LogP contribution in [0.1, 0.15) is 6.42 Å². The Kier molecular flexibility index (Phi) is 8.13. The van der Waals surface area contributed by atoms with Gasteiger partial charge < -0.3 is 10.4 Å². The number of carbonyl (C=O) groups is 1. The third-order valence-corrected chi connectivity index (χ3v) is 2.37. The molecule has 6 heteroatoms. The zero-order valence-electron chi connectivity index (χ0n) is 6.88. The first kappa shape index (κ1) is 12.7. The highest BCUT2D eigenvalue weighted by molar-refractivity contribution is 9.09. The molecule has 1 fully saturated rings. The molecule has 0 bridgehead atoms. The average Bonchev–Trinajstić information content (AvgIpc) is 2.54. The van der Waals surface area contributed by atoms with Crippen LogP contribution in [-0.4, -0.2) is 34.0 Å². The summed E-state index contributed by atoms with van der Waals surface area (Å²) in [4.78, 5) is 20.0. The van der Waals surface area contributed by atoms with Crippen molar-refractivity contribution in [2.45, 2.75) is 6.42 Å². The number of hydrogen-bond acceptors (Lipinski definition) is 4. The van der Waals surface area contributed by atoms with Crippen molar-refractivity contribution in [3.05, 3.63) is 5.70 Å². The predicted molar refractivity (Wildman–Crippen MR) is 55.7 cm³/mol. The number of rotatable bonds is 2. The lowest BCUT2D eigenvalue weighted by Crippen LogP contribution is -2.09. The van der Waals surface area contributed by atoms with Gasteiger partial charge in [0.05, 0.1) is 5.75 Å². The molecule has 1 saturated heterocycles.